The predicted molar refractivity (Wildman–Crippen MR) is 84.2 cm³/mol. The second-order valence-corrected chi connectivity index (χ2v) is 6.77. The third-order valence-corrected chi connectivity index (χ3v) is 3.85. The first-order valence-electron chi connectivity index (χ1n) is 7.37. The van der Waals surface area contributed by atoms with Crippen LogP contribution in [-0.4, -0.2) is 48.1 Å². The van der Waals surface area contributed by atoms with E-state index in [-0.39, 0.29) is 5.41 Å². The molecule has 1 aromatic rings. The molecule has 5 heteroatoms. The fourth-order valence-electron chi connectivity index (χ4n) is 2.42. The van der Waals surface area contributed by atoms with Crippen LogP contribution in [0.25, 0.3) is 0 Å². The predicted octanol–water partition coefficient (Wildman–Crippen LogP) is 1.81. The number of rotatable bonds is 1. The first kappa shape index (κ1) is 15.0. The molecule has 2 rings (SSSR count). The number of aromatic nitrogens is 2. The van der Waals surface area contributed by atoms with Gasteiger partial charge in [0.2, 0.25) is 0 Å². The second-order valence-electron chi connectivity index (χ2n) is 6.77. The lowest BCUT2D eigenvalue weighted by Gasteiger charge is -2.26. The number of nitrogen functional groups attached to an aromatic ring is 1. The maximum absolute atomic E-state index is 6.10. The van der Waals surface area contributed by atoms with Crippen molar-refractivity contribution in [1.82, 2.24) is 14.9 Å². The summed E-state index contributed by atoms with van der Waals surface area (Å²) in [5.74, 6) is 2.45. The minimum atomic E-state index is -0.0841. The number of nitrogens with zero attached hydrogens (tertiary/aromatic N) is 4. The Balaban J connectivity index is 2.37. The molecule has 0 aromatic carbocycles. The Hall–Kier alpha value is -1.36. The van der Waals surface area contributed by atoms with E-state index in [0.717, 1.165) is 49.8 Å². The molecule has 112 valence electrons. The van der Waals surface area contributed by atoms with Crippen molar-refractivity contribution in [2.45, 2.75) is 39.5 Å². The number of hydrogen-bond donors (Lipinski definition) is 1. The second kappa shape index (κ2) is 5.56. The zero-order chi connectivity index (χ0) is 14.9. The van der Waals surface area contributed by atoms with E-state index >= 15 is 0 Å². The van der Waals surface area contributed by atoms with Gasteiger partial charge in [0.25, 0.3) is 0 Å². The molecular formula is C15H27N5. The van der Waals surface area contributed by atoms with Crippen LogP contribution >= 0.6 is 0 Å². The molecular weight excluding hydrogens is 250 g/mol. The maximum atomic E-state index is 6.10. The van der Waals surface area contributed by atoms with Gasteiger partial charge >= 0.3 is 0 Å². The summed E-state index contributed by atoms with van der Waals surface area (Å²) in [5.41, 5.74) is 7.02. The molecule has 1 aromatic heterocycles. The Bertz CT molecular complexity index is 478. The summed E-state index contributed by atoms with van der Waals surface area (Å²) in [6.07, 6.45) is 1.16. The Morgan fingerprint density at radius 3 is 2.40 bits per heavy atom. The van der Waals surface area contributed by atoms with Gasteiger partial charge in [0.05, 0.1) is 0 Å². The standard InChI is InChI=1S/C15H27N5/c1-11-12(16)17-14(15(2,3)4)18-13(11)20-8-6-7-19(5)9-10-20/h6-10H2,1-5H3,(H2,16,17,18). The molecule has 0 saturated carbocycles. The average molecular weight is 277 g/mol. The average Bonchev–Trinajstić information content (AvgIpc) is 2.56. The van der Waals surface area contributed by atoms with Crippen LogP contribution in [0.4, 0.5) is 11.6 Å². The van der Waals surface area contributed by atoms with E-state index in [1.165, 1.54) is 0 Å². The van der Waals surface area contributed by atoms with Crippen molar-refractivity contribution < 1.29 is 0 Å². The van der Waals surface area contributed by atoms with Crippen molar-refractivity contribution >= 4 is 11.6 Å². The van der Waals surface area contributed by atoms with Crippen molar-refractivity contribution in [2.24, 2.45) is 0 Å². The minimum absolute atomic E-state index is 0.0841. The van der Waals surface area contributed by atoms with Crippen LogP contribution in [0.5, 0.6) is 0 Å². The smallest absolute Gasteiger partial charge is 0.138 e. The highest BCUT2D eigenvalue weighted by molar-refractivity contribution is 5.57. The molecule has 20 heavy (non-hydrogen) atoms. The number of hydrogen-bond acceptors (Lipinski definition) is 5. The fourth-order valence-corrected chi connectivity index (χ4v) is 2.42. The van der Waals surface area contributed by atoms with Gasteiger partial charge in [0, 0.05) is 30.6 Å². The Labute approximate surface area is 122 Å². The Morgan fingerprint density at radius 2 is 1.75 bits per heavy atom. The van der Waals surface area contributed by atoms with Gasteiger partial charge < -0.3 is 15.5 Å². The van der Waals surface area contributed by atoms with E-state index in [1.54, 1.807) is 0 Å². The van der Waals surface area contributed by atoms with Crippen molar-refractivity contribution in [2.75, 3.05) is 43.9 Å². The third-order valence-electron chi connectivity index (χ3n) is 3.85. The SMILES string of the molecule is Cc1c(N)nc(C(C)(C)C)nc1N1CCCN(C)CC1. The van der Waals surface area contributed by atoms with E-state index in [4.69, 9.17) is 10.7 Å². The molecule has 0 unspecified atom stereocenters. The van der Waals surface area contributed by atoms with Crippen molar-refractivity contribution in [3.8, 4) is 0 Å². The quantitative estimate of drug-likeness (QED) is 0.848. The van der Waals surface area contributed by atoms with Crippen LogP contribution < -0.4 is 10.6 Å². The van der Waals surface area contributed by atoms with Crippen LogP contribution in [0.2, 0.25) is 0 Å². The van der Waals surface area contributed by atoms with Crippen LogP contribution in [0.15, 0.2) is 0 Å². The third kappa shape index (κ3) is 3.20. The lowest BCUT2D eigenvalue weighted by atomic mass is 9.95. The summed E-state index contributed by atoms with van der Waals surface area (Å²) in [5, 5.41) is 0. The van der Waals surface area contributed by atoms with Gasteiger partial charge in [-0.2, -0.15) is 0 Å². The highest BCUT2D eigenvalue weighted by Crippen LogP contribution is 2.27. The van der Waals surface area contributed by atoms with E-state index in [0.29, 0.717) is 5.82 Å². The summed E-state index contributed by atoms with van der Waals surface area (Å²) >= 11 is 0. The Kier molecular flexibility index (Phi) is 4.18. The number of nitrogens with two attached hydrogens (primary N) is 1. The fraction of sp³-hybridized carbons (Fsp3) is 0.733. The molecule has 1 aliphatic heterocycles. The number of anilines is 2. The summed E-state index contributed by atoms with van der Waals surface area (Å²) < 4.78 is 0. The Morgan fingerprint density at radius 1 is 1.05 bits per heavy atom. The van der Waals surface area contributed by atoms with Gasteiger partial charge in [-0.1, -0.05) is 20.8 Å². The van der Waals surface area contributed by atoms with Gasteiger partial charge in [-0.3, -0.25) is 0 Å². The van der Waals surface area contributed by atoms with Gasteiger partial charge in [-0.05, 0) is 26.9 Å². The summed E-state index contributed by atoms with van der Waals surface area (Å²) in [4.78, 5) is 14.0. The van der Waals surface area contributed by atoms with Gasteiger partial charge in [0.1, 0.15) is 17.5 Å². The van der Waals surface area contributed by atoms with E-state index in [2.05, 4.69) is 42.6 Å². The molecule has 0 aliphatic carbocycles. The van der Waals surface area contributed by atoms with Crippen LogP contribution in [0.3, 0.4) is 0 Å². The summed E-state index contributed by atoms with van der Waals surface area (Å²) in [6.45, 7) is 12.6. The lowest BCUT2D eigenvalue weighted by Crippen LogP contribution is -2.31. The molecule has 2 N–H and O–H groups in total. The summed E-state index contributed by atoms with van der Waals surface area (Å²) in [6, 6.07) is 0. The normalized spacial score (nSPS) is 18.1. The van der Waals surface area contributed by atoms with Gasteiger partial charge in [-0.25, -0.2) is 9.97 Å². The maximum Gasteiger partial charge on any atom is 0.138 e. The molecule has 1 fully saturated rings. The highest BCUT2D eigenvalue weighted by Gasteiger charge is 2.23. The molecule has 1 aliphatic rings. The van der Waals surface area contributed by atoms with E-state index < -0.39 is 0 Å². The first-order valence-corrected chi connectivity index (χ1v) is 7.37. The summed E-state index contributed by atoms with van der Waals surface area (Å²) in [7, 11) is 2.17. The van der Waals surface area contributed by atoms with Crippen molar-refractivity contribution in [3.05, 3.63) is 11.4 Å². The van der Waals surface area contributed by atoms with Crippen molar-refractivity contribution in [3.63, 3.8) is 0 Å². The molecule has 1 saturated heterocycles. The largest absolute Gasteiger partial charge is 0.383 e. The molecule has 0 atom stereocenters. The van der Waals surface area contributed by atoms with Crippen LogP contribution in [0, 0.1) is 6.92 Å². The molecule has 2 heterocycles. The molecule has 0 radical (unpaired) electrons. The molecule has 0 spiro atoms. The molecule has 0 amide bonds. The van der Waals surface area contributed by atoms with Gasteiger partial charge in [0.15, 0.2) is 0 Å². The van der Waals surface area contributed by atoms with Crippen molar-refractivity contribution in [1.29, 1.82) is 0 Å². The zero-order valence-corrected chi connectivity index (χ0v) is 13.4. The molecule has 0 bridgehead atoms. The monoisotopic (exact) mass is 277 g/mol. The van der Waals surface area contributed by atoms with Crippen LogP contribution in [-0.2, 0) is 5.41 Å². The topological polar surface area (TPSA) is 58.3 Å². The highest BCUT2D eigenvalue weighted by atomic mass is 15.2. The van der Waals surface area contributed by atoms with Gasteiger partial charge in [-0.15, -0.1) is 0 Å². The number of likely N-dealkylation sites (N-methyl/N-ethyl adjacent to an activating group) is 1. The van der Waals surface area contributed by atoms with E-state index in [1.807, 2.05) is 6.92 Å². The van der Waals surface area contributed by atoms with E-state index in [9.17, 15) is 0 Å². The lowest BCUT2D eigenvalue weighted by molar-refractivity contribution is 0.360. The van der Waals surface area contributed by atoms with Crippen LogP contribution in [0.1, 0.15) is 38.6 Å². The zero-order valence-electron chi connectivity index (χ0n) is 13.4. The first-order chi connectivity index (χ1) is 9.29. The molecule has 5 nitrogen and oxygen atoms in total. The minimum Gasteiger partial charge on any atom is -0.383 e.